The fourth-order valence-corrected chi connectivity index (χ4v) is 10.5. The number of nitriles is 2. The van der Waals surface area contributed by atoms with Gasteiger partial charge in [0.1, 0.15) is 17.7 Å². The Morgan fingerprint density at radius 1 is 0.727 bits per heavy atom. The average molecular weight is 537 g/mol. The van der Waals surface area contributed by atoms with Crippen LogP contribution < -0.4 is 9.06 Å². The van der Waals surface area contributed by atoms with Gasteiger partial charge in [-0.05, 0) is 36.5 Å². The Hall–Kier alpha value is -0.440. The van der Waals surface area contributed by atoms with E-state index in [4.69, 9.17) is 0 Å². The predicted octanol–water partition coefficient (Wildman–Crippen LogP) is 8.81. The maximum atomic E-state index is 9.18. The van der Waals surface area contributed by atoms with E-state index in [9.17, 15) is 10.5 Å². The van der Waals surface area contributed by atoms with Crippen LogP contribution in [0.3, 0.4) is 0 Å². The molecular weight excluding hydrogens is 501 g/mol. The van der Waals surface area contributed by atoms with Crippen LogP contribution in [0.25, 0.3) is 9.81 Å². The Kier molecular flexibility index (Phi) is 15.6. The summed E-state index contributed by atoms with van der Waals surface area (Å²) in [6.45, 7) is 4.54. The van der Waals surface area contributed by atoms with E-state index < -0.39 is 0 Å². The van der Waals surface area contributed by atoms with Crippen molar-refractivity contribution in [2.45, 2.75) is 90.9 Å². The third-order valence-electron chi connectivity index (χ3n) is 5.28. The molecule has 2 nitrogen and oxygen atoms in total. The van der Waals surface area contributed by atoms with Crippen molar-refractivity contribution in [1.29, 1.82) is 10.5 Å². The van der Waals surface area contributed by atoms with Gasteiger partial charge in [0.15, 0.2) is 0 Å². The molecule has 0 unspecified atom stereocenters. The summed E-state index contributed by atoms with van der Waals surface area (Å²) in [6.07, 6.45) is 16.1. The number of thioether (sulfide) groups is 4. The van der Waals surface area contributed by atoms with Gasteiger partial charge in [0.2, 0.25) is 0 Å². The molecule has 0 aliphatic carbocycles. The van der Waals surface area contributed by atoms with E-state index in [1.54, 1.807) is 11.3 Å². The van der Waals surface area contributed by atoms with Crippen LogP contribution in [0.15, 0.2) is 20.6 Å². The smallest absolute Gasteiger partial charge is 0.146 e. The molecule has 33 heavy (non-hydrogen) atoms. The van der Waals surface area contributed by atoms with Crippen molar-refractivity contribution in [1.82, 2.24) is 0 Å². The van der Waals surface area contributed by atoms with Gasteiger partial charge in [0.25, 0.3) is 0 Å². The van der Waals surface area contributed by atoms with E-state index in [0.29, 0.717) is 0 Å². The molecule has 1 aromatic heterocycles. The Morgan fingerprint density at radius 2 is 1.21 bits per heavy atom. The molecule has 0 amide bonds. The van der Waals surface area contributed by atoms with Crippen molar-refractivity contribution in [3.05, 3.63) is 29.7 Å². The molecule has 1 aromatic rings. The minimum absolute atomic E-state index is 0.211. The largest absolute Gasteiger partial charge is 0.192 e. The summed E-state index contributed by atoms with van der Waals surface area (Å²) in [5, 5.41) is 18.4. The van der Waals surface area contributed by atoms with E-state index in [-0.39, 0.29) is 5.57 Å². The second kappa shape index (κ2) is 17.9. The van der Waals surface area contributed by atoms with Crippen molar-refractivity contribution >= 4 is 68.2 Å². The Labute approximate surface area is 221 Å². The summed E-state index contributed by atoms with van der Waals surface area (Å²) in [5.74, 6) is 2.39. The Morgan fingerprint density at radius 3 is 1.70 bits per heavy atom. The van der Waals surface area contributed by atoms with Crippen molar-refractivity contribution in [3.63, 3.8) is 0 Å². The van der Waals surface area contributed by atoms with Gasteiger partial charge in [-0.1, -0.05) is 102 Å². The van der Waals surface area contributed by atoms with Crippen LogP contribution in [0.4, 0.5) is 0 Å². The summed E-state index contributed by atoms with van der Waals surface area (Å²) in [5.41, 5.74) is 0.211. The third kappa shape index (κ3) is 10.8. The fraction of sp³-hybridized carbons (Fsp3) is 0.615. The van der Waals surface area contributed by atoms with E-state index in [1.165, 1.54) is 106 Å². The number of nitrogens with zero attached hydrogens (tertiary/aromatic N) is 2. The summed E-state index contributed by atoms with van der Waals surface area (Å²) in [4.78, 5) is 0. The lowest BCUT2D eigenvalue weighted by Gasteiger charge is -2.05. The normalized spacial score (nSPS) is 13.4. The molecule has 0 aromatic carbocycles. The monoisotopic (exact) mass is 536 g/mol. The minimum atomic E-state index is 0.211. The lowest BCUT2D eigenvalue weighted by atomic mass is 10.1. The maximum absolute atomic E-state index is 9.18. The first-order valence-electron chi connectivity index (χ1n) is 12.2. The molecule has 0 spiro atoms. The standard InChI is InChI=1S/C26H36N2S5/c1-3-5-7-9-11-13-17-29-25-26(30-18-14-12-10-8-6-4-2)33-24(32-25)23-16-15-22(31-23)21(19-27)20-28/h15-16H,3-14,17-18H2,1-2H3. The number of hydrogen-bond acceptors (Lipinski definition) is 7. The quantitative estimate of drug-likeness (QED) is 0.197. The molecule has 1 aliphatic rings. The zero-order chi connectivity index (χ0) is 23.7. The summed E-state index contributed by atoms with van der Waals surface area (Å²) < 4.78 is 6.17. The molecule has 0 atom stereocenters. The van der Waals surface area contributed by atoms with Crippen molar-refractivity contribution in [2.75, 3.05) is 11.5 Å². The van der Waals surface area contributed by atoms with Crippen molar-refractivity contribution in [3.8, 4) is 12.1 Å². The SMILES string of the molecule is CCCCCCCCSC1=C(SCCCCCCCC)SC(=c2ccc(=C(C#N)C#N)s2)S1. The molecule has 0 bridgehead atoms. The molecule has 180 valence electrons. The predicted molar refractivity (Wildman–Crippen MR) is 155 cm³/mol. The van der Waals surface area contributed by atoms with Crippen LogP contribution in [0.1, 0.15) is 90.9 Å². The van der Waals surface area contributed by atoms with E-state index >= 15 is 0 Å². The molecular formula is C26H36N2S5. The highest BCUT2D eigenvalue weighted by atomic mass is 32.3. The molecule has 2 rings (SSSR count). The van der Waals surface area contributed by atoms with Crippen LogP contribution >= 0.6 is 58.4 Å². The van der Waals surface area contributed by atoms with Crippen molar-refractivity contribution < 1.29 is 0 Å². The van der Waals surface area contributed by atoms with Gasteiger partial charge in [0, 0.05) is 4.53 Å². The molecule has 0 saturated heterocycles. The number of unbranched alkanes of at least 4 members (excludes halogenated alkanes) is 10. The highest BCUT2D eigenvalue weighted by Crippen LogP contribution is 2.58. The second-order valence-electron chi connectivity index (χ2n) is 8.06. The van der Waals surface area contributed by atoms with Gasteiger partial charge in [-0.2, -0.15) is 10.5 Å². The van der Waals surface area contributed by atoms with Gasteiger partial charge in [-0.15, -0.1) is 34.9 Å². The number of thiophene rings is 1. The van der Waals surface area contributed by atoms with Crippen LogP contribution in [-0.2, 0) is 0 Å². The first-order chi connectivity index (χ1) is 16.2. The molecule has 0 N–H and O–H groups in total. The first kappa shape index (κ1) is 28.8. The average Bonchev–Trinajstić information content (AvgIpc) is 3.46. The fourth-order valence-electron chi connectivity index (χ4n) is 3.36. The van der Waals surface area contributed by atoms with Crippen LogP contribution in [0, 0.1) is 22.7 Å². The number of rotatable bonds is 16. The topological polar surface area (TPSA) is 47.6 Å². The molecule has 1 aliphatic heterocycles. The second-order valence-corrected chi connectivity index (χ2v) is 14.2. The third-order valence-corrected chi connectivity index (χ3v) is 12.4. The lowest BCUT2D eigenvalue weighted by Crippen LogP contribution is -1.97. The molecule has 2 heterocycles. The zero-order valence-corrected chi connectivity index (χ0v) is 24.1. The molecule has 0 fully saturated rings. The molecule has 0 saturated carbocycles. The zero-order valence-electron chi connectivity index (χ0n) is 20.0. The van der Waals surface area contributed by atoms with Gasteiger partial charge >= 0.3 is 0 Å². The molecule has 7 heteroatoms. The van der Waals surface area contributed by atoms with E-state index in [2.05, 4.69) is 19.9 Å². The first-order valence-corrected chi connectivity index (χ1v) is 16.7. The highest BCUT2D eigenvalue weighted by molar-refractivity contribution is 8.45. The van der Waals surface area contributed by atoms with Crippen LogP contribution in [0.2, 0.25) is 0 Å². The lowest BCUT2D eigenvalue weighted by molar-refractivity contribution is 0.627. The maximum Gasteiger partial charge on any atom is 0.146 e. The molecule has 0 radical (unpaired) electrons. The number of hydrogen-bond donors (Lipinski definition) is 0. The van der Waals surface area contributed by atoms with Gasteiger partial charge in [-0.3, -0.25) is 0 Å². The van der Waals surface area contributed by atoms with Gasteiger partial charge in [0.05, 0.1) is 17.2 Å². The van der Waals surface area contributed by atoms with E-state index in [0.717, 1.165) is 4.53 Å². The van der Waals surface area contributed by atoms with Gasteiger partial charge in [-0.25, -0.2) is 0 Å². The Balaban J connectivity index is 1.98. The van der Waals surface area contributed by atoms with Crippen LogP contribution in [-0.4, -0.2) is 11.5 Å². The minimum Gasteiger partial charge on any atom is -0.192 e. The van der Waals surface area contributed by atoms with Gasteiger partial charge < -0.3 is 0 Å². The van der Waals surface area contributed by atoms with Crippen molar-refractivity contribution in [2.24, 2.45) is 0 Å². The highest BCUT2D eigenvalue weighted by Gasteiger charge is 2.23. The summed E-state index contributed by atoms with van der Waals surface area (Å²) in [6, 6.07) is 8.03. The summed E-state index contributed by atoms with van der Waals surface area (Å²) >= 11 is 9.41. The summed E-state index contributed by atoms with van der Waals surface area (Å²) in [7, 11) is 0. The van der Waals surface area contributed by atoms with Crippen LogP contribution in [0.5, 0.6) is 0 Å². The Bertz CT molecular complexity index is 901. The van der Waals surface area contributed by atoms with E-state index in [1.807, 2.05) is 65.3 Å².